The zero-order valence-corrected chi connectivity index (χ0v) is 12.4. The molecule has 2 nitrogen and oxygen atoms in total. The van der Waals surface area contributed by atoms with Gasteiger partial charge in [0, 0.05) is 9.61 Å². The molecule has 0 aliphatic carbocycles. The number of benzene rings is 2. The Morgan fingerprint density at radius 3 is 2.56 bits per heavy atom. The second-order valence-electron chi connectivity index (χ2n) is 4.28. The first kappa shape index (κ1) is 13.4. The molecule has 18 heavy (non-hydrogen) atoms. The molecule has 2 rings (SSSR count). The predicted molar refractivity (Wildman–Crippen MR) is 82.5 cm³/mol. The maximum atomic E-state index is 5.85. The van der Waals surface area contributed by atoms with E-state index in [1.54, 1.807) is 0 Å². The third-order valence-corrected chi connectivity index (χ3v) is 3.42. The molecule has 0 bridgehead atoms. The summed E-state index contributed by atoms with van der Waals surface area (Å²) in [4.78, 5) is 0. The van der Waals surface area contributed by atoms with E-state index in [9.17, 15) is 0 Å². The van der Waals surface area contributed by atoms with Crippen LogP contribution >= 0.6 is 22.6 Å². The summed E-state index contributed by atoms with van der Waals surface area (Å²) in [5, 5.41) is 0. The minimum Gasteiger partial charge on any atom is -0.489 e. The molecule has 0 aliphatic rings. The Bertz CT molecular complexity index is 508. The van der Waals surface area contributed by atoms with E-state index in [1.807, 2.05) is 31.2 Å². The van der Waals surface area contributed by atoms with E-state index in [0.29, 0.717) is 6.61 Å². The lowest BCUT2D eigenvalue weighted by Gasteiger charge is -2.10. The van der Waals surface area contributed by atoms with Gasteiger partial charge in [-0.3, -0.25) is 0 Å². The fraction of sp³-hybridized carbons (Fsp3) is 0.200. The molecule has 0 spiro atoms. The highest BCUT2D eigenvalue weighted by Gasteiger charge is 2.01. The van der Waals surface area contributed by atoms with E-state index in [4.69, 9.17) is 10.5 Å². The van der Waals surface area contributed by atoms with Gasteiger partial charge >= 0.3 is 0 Å². The Morgan fingerprint density at radius 1 is 1.17 bits per heavy atom. The summed E-state index contributed by atoms with van der Waals surface area (Å²) in [6.45, 7) is 2.55. The van der Waals surface area contributed by atoms with Gasteiger partial charge in [0.25, 0.3) is 0 Å². The maximum absolute atomic E-state index is 5.85. The fourth-order valence-electron chi connectivity index (χ4n) is 1.63. The number of ether oxygens (including phenoxy) is 1. The molecule has 0 heterocycles. The van der Waals surface area contributed by atoms with Crippen LogP contribution in [0.25, 0.3) is 0 Å². The molecule has 0 fully saturated rings. The lowest BCUT2D eigenvalue weighted by molar-refractivity contribution is 0.306. The largest absolute Gasteiger partial charge is 0.489 e. The van der Waals surface area contributed by atoms with Crippen LogP contribution in [0.5, 0.6) is 5.75 Å². The van der Waals surface area contributed by atoms with Crippen molar-refractivity contribution >= 4 is 22.6 Å². The van der Waals surface area contributed by atoms with Crippen molar-refractivity contribution < 1.29 is 4.74 Å². The normalized spacial score (nSPS) is 12.2. The van der Waals surface area contributed by atoms with Crippen LogP contribution in [0, 0.1) is 3.57 Å². The van der Waals surface area contributed by atoms with E-state index in [0.717, 1.165) is 11.3 Å². The number of hydrogen-bond acceptors (Lipinski definition) is 2. The number of hydrogen-bond donors (Lipinski definition) is 1. The van der Waals surface area contributed by atoms with Crippen LogP contribution in [-0.4, -0.2) is 0 Å². The van der Waals surface area contributed by atoms with Crippen LogP contribution in [0.3, 0.4) is 0 Å². The summed E-state index contributed by atoms with van der Waals surface area (Å²) in [7, 11) is 0. The molecular weight excluding hydrogens is 337 g/mol. The van der Waals surface area contributed by atoms with E-state index >= 15 is 0 Å². The van der Waals surface area contributed by atoms with Gasteiger partial charge in [0.1, 0.15) is 12.4 Å². The van der Waals surface area contributed by atoms with Gasteiger partial charge in [0.05, 0.1) is 0 Å². The third-order valence-electron chi connectivity index (χ3n) is 2.70. The van der Waals surface area contributed by atoms with Crippen LogP contribution < -0.4 is 10.5 Å². The molecule has 0 aliphatic heterocycles. The average molecular weight is 353 g/mol. The highest BCUT2D eigenvalue weighted by Crippen LogP contribution is 2.19. The van der Waals surface area contributed by atoms with Crippen molar-refractivity contribution in [2.24, 2.45) is 5.73 Å². The van der Waals surface area contributed by atoms with E-state index in [2.05, 4.69) is 46.9 Å². The number of nitrogens with two attached hydrogens (primary N) is 1. The molecular formula is C15H16INO. The second-order valence-corrected chi connectivity index (χ2v) is 5.52. The SMILES string of the molecule is C[C@H](N)c1cccc(OCc2ccc(I)cc2)c1. The van der Waals surface area contributed by atoms with Crippen LogP contribution in [-0.2, 0) is 6.61 Å². The van der Waals surface area contributed by atoms with Crippen molar-refractivity contribution in [3.8, 4) is 5.75 Å². The van der Waals surface area contributed by atoms with E-state index in [-0.39, 0.29) is 6.04 Å². The van der Waals surface area contributed by atoms with Gasteiger partial charge < -0.3 is 10.5 Å². The topological polar surface area (TPSA) is 35.2 Å². The molecule has 2 N–H and O–H groups in total. The molecule has 2 aromatic carbocycles. The smallest absolute Gasteiger partial charge is 0.120 e. The zero-order chi connectivity index (χ0) is 13.0. The summed E-state index contributed by atoms with van der Waals surface area (Å²) in [6.07, 6.45) is 0. The molecule has 0 saturated carbocycles. The molecule has 1 atom stereocenters. The van der Waals surface area contributed by atoms with Gasteiger partial charge in [0.15, 0.2) is 0 Å². The summed E-state index contributed by atoms with van der Waals surface area (Å²) in [5.41, 5.74) is 8.11. The number of halogens is 1. The van der Waals surface area contributed by atoms with E-state index < -0.39 is 0 Å². The van der Waals surface area contributed by atoms with Gasteiger partial charge in [-0.15, -0.1) is 0 Å². The molecule has 0 amide bonds. The minimum absolute atomic E-state index is 0.0341. The first-order valence-electron chi connectivity index (χ1n) is 5.88. The second kappa shape index (κ2) is 6.20. The number of rotatable bonds is 4. The maximum Gasteiger partial charge on any atom is 0.120 e. The Hall–Kier alpha value is -1.07. The summed E-state index contributed by atoms with van der Waals surface area (Å²) < 4.78 is 7.00. The zero-order valence-electron chi connectivity index (χ0n) is 10.3. The van der Waals surface area contributed by atoms with Crippen LogP contribution in [0.15, 0.2) is 48.5 Å². The summed E-state index contributed by atoms with van der Waals surface area (Å²) in [5.74, 6) is 0.864. The van der Waals surface area contributed by atoms with Crippen molar-refractivity contribution in [3.63, 3.8) is 0 Å². The van der Waals surface area contributed by atoms with Gasteiger partial charge in [-0.2, -0.15) is 0 Å². The highest BCUT2D eigenvalue weighted by molar-refractivity contribution is 14.1. The van der Waals surface area contributed by atoms with Crippen LogP contribution in [0.1, 0.15) is 24.1 Å². The minimum atomic E-state index is 0.0341. The quantitative estimate of drug-likeness (QED) is 0.847. The standard InChI is InChI=1S/C15H16INO/c1-11(17)13-3-2-4-15(9-13)18-10-12-5-7-14(16)8-6-12/h2-9,11H,10,17H2,1H3/t11-/m0/s1. The molecule has 0 unspecified atom stereocenters. The first-order chi connectivity index (χ1) is 8.65. The average Bonchev–Trinajstić information content (AvgIpc) is 2.38. The molecule has 0 saturated heterocycles. The molecule has 0 radical (unpaired) electrons. The summed E-state index contributed by atoms with van der Waals surface area (Å²) >= 11 is 2.29. The Kier molecular flexibility index (Phi) is 4.60. The van der Waals surface area contributed by atoms with Gasteiger partial charge in [0.2, 0.25) is 0 Å². The molecule has 3 heteroatoms. The lowest BCUT2D eigenvalue weighted by atomic mass is 10.1. The lowest BCUT2D eigenvalue weighted by Crippen LogP contribution is -2.05. The first-order valence-corrected chi connectivity index (χ1v) is 6.96. The van der Waals surface area contributed by atoms with Crippen molar-refractivity contribution in [2.75, 3.05) is 0 Å². The highest BCUT2D eigenvalue weighted by atomic mass is 127. The monoisotopic (exact) mass is 353 g/mol. The predicted octanol–water partition coefficient (Wildman–Crippen LogP) is 3.89. The van der Waals surface area contributed by atoms with Gasteiger partial charge in [-0.25, -0.2) is 0 Å². The molecule has 94 valence electrons. The van der Waals surface area contributed by atoms with Crippen molar-refractivity contribution in [3.05, 3.63) is 63.2 Å². The molecule has 2 aromatic rings. The fourth-order valence-corrected chi connectivity index (χ4v) is 1.99. The molecule has 0 aromatic heterocycles. The summed E-state index contributed by atoms with van der Waals surface area (Å²) in [6, 6.07) is 16.3. The van der Waals surface area contributed by atoms with Gasteiger partial charge in [-0.1, -0.05) is 24.3 Å². The third kappa shape index (κ3) is 3.71. The van der Waals surface area contributed by atoms with Crippen LogP contribution in [0.4, 0.5) is 0 Å². The Morgan fingerprint density at radius 2 is 1.89 bits per heavy atom. The van der Waals surface area contributed by atoms with Crippen molar-refractivity contribution in [1.82, 2.24) is 0 Å². The van der Waals surface area contributed by atoms with Crippen molar-refractivity contribution in [2.45, 2.75) is 19.6 Å². The van der Waals surface area contributed by atoms with E-state index in [1.165, 1.54) is 9.13 Å². The Labute approximate surface area is 121 Å². The van der Waals surface area contributed by atoms with Crippen molar-refractivity contribution in [1.29, 1.82) is 0 Å². The van der Waals surface area contributed by atoms with Gasteiger partial charge in [-0.05, 0) is 64.9 Å². The Balaban J connectivity index is 2.01. The van der Waals surface area contributed by atoms with Crippen LogP contribution in [0.2, 0.25) is 0 Å².